The molecule has 0 fully saturated rings. The Morgan fingerprint density at radius 3 is 2.21 bits per heavy atom. The van der Waals surface area contributed by atoms with Crippen molar-refractivity contribution in [3.05, 3.63) is 0 Å². The SMILES string of the molecule is [2H]C([2H])(O)[C@@H](CC)NC([2H])([2H])C([2H])([2H])N[C@]([2H])(CC)C([2H])([2H])O. The van der Waals surface area contributed by atoms with Crippen molar-refractivity contribution < 1.29 is 22.5 Å². The fourth-order valence-electron chi connectivity index (χ4n) is 0.651. The average molecular weight is 213 g/mol. The Bertz CT molecular complexity index is 397. The number of hydrogen-bond donors (Lipinski definition) is 4. The summed E-state index contributed by atoms with van der Waals surface area (Å²) in [5.74, 6) is 0. The summed E-state index contributed by atoms with van der Waals surface area (Å²) in [6.45, 7) is -9.23. The van der Waals surface area contributed by atoms with Crippen LogP contribution in [0.3, 0.4) is 0 Å². The Morgan fingerprint density at radius 2 is 1.79 bits per heavy atom. The van der Waals surface area contributed by atoms with Crippen molar-refractivity contribution >= 4 is 0 Å². The number of hydrogen-bond acceptors (Lipinski definition) is 4. The van der Waals surface area contributed by atoms with Crippen LogP contribution in [0.4, 0.5) is 0 Å². The molecular weight excluding hydrogens is 180 g/mol. The van der Waals surface area contributed by atoms with Gasteiger partial charge in [-0.3, -0.25) is 0 Å². The summed E-state index contributed by atoms with van der Waals surface area (Å²) in [5.41, 5.74) is 0. The van der Waals surface area contributed by atoms with Gasteiger partial charge in [-0.15, -0.1) is 0 Å². The van der Waals surface area contributed by atoms with Crippen molar-refractivity contribution in [2.24, 2.45) is 0 Å². The van der Waals surface area contributed by atoms with E-state index in [1.807, 2.05) is 10.6 Å². The summed E-state index contributed by atoms with van der Waals surface area (Å²) in [6, 6.07) is -3.98. The molecular formula is C10H24N2O2. The Morgan fingerprint density at radius 1 is 1.14 bits per heavy atom. The predicted molar refractivity (Wildman–Crippen MR) is 58.3 cm³/mol. The van der Waals surface area contributed by atoms with E-state index in [4.69, 9.17) is 12.3 Å². The normalized spacial score (nSPS) is 31.3. The van der Waals surface area contributed by atoms with E-state index >= 15 is 0 Å². The third-order valence-electron chi connectivity index (χ3n) is 1.57. The first-order valence-electron chi connectivity index (χ1n) is 8.95. The van der Waals surface area contributed by atoms with Crippen LogP contribution in [0.1, 0.15) is 39.0 Å². The molecule has 0 unspecified atom stereocenters. The maximum Gasteiger partial charge on any atom is 0.0584 e. The molecule has 0 spiro atoms. The molecule has 0 aliphatic rings. The zero-order chi connectivity index (χ0) is 18.9. The van der Waals surface area contributed by atoms with Crippen LogP contribution in [-0.4, -0.2) is 48.4 Å². The predicted octanol–water partition coefficient (Wildman–Crippen LogP) is -0.293. The maximum atomic E-state index is 9.40. The van der Waals surface area contributed by atoms with Crippen LogP contribution in [0.15, 0.2) is 0 Å². The lowest BCUT2D eigenvalue weighted by molar-refractivity contribution is 0.229. The second-order valence-corrected chi connectivity index (χ2v) is 2.55. The van der Waals surface area contributed by atoms with E-state index in [1.54, 1.807) is 0 Å². The molecule has 4 N–H and O–H groups in total. The van der Waals surface area contributed by atoms with E-state index in [1.165, 1.54) is 13.8 Å². The highest BCUT2D eigenvalue weighted by Gasteiger charge is 2.04. The van der Waals surface area contributed by atoms with Gasteiger partial charge in [0.2, 0.25) is 0 Å². The first-order valence-corrected chi connectivity index (χ1v) is 4.45. The molecule has 0 bridgehead atoms. The van der Waals surface area contributed by atoms with Crippen molar-refractivity contribution in [1.29, 1.82) is 0 Å². The van der Waals surface area contributed by atoms with Gasteiger partial charge in [0.05, 0.1) is 18.6 Å². The highest BCUT2D eigenvalue weighted by Crippen LogP contribution is 1.89. The van der Waals surface area contributed by atoms with E-state index in [-0.39, 0.29) is 12.8 Å². The fraction of sp³-hybridized carbons (Fsp3) is 1.00. The third kappa shape index (κ3) is 6.32. The lowest BCUT2D eigenvalue weighted by Gasteiger charge is -2.17. The van der Waals surface area contributed by atoms with Gasteiger partial charge in [0.25, 0.3) is 0 Å². The van der Waals surface area contributed by atoms with Gasteiger partial charge >= 0.3 is 0 Å². The van der Waals surface area contributed by atoms with Crippen LogP contribution < -0.4 is 10.6 Å². The van der Waals surface area contributed by atoms with Crippen molar-refractivity contribution in [3.8, 4) is 0 Å². The Labute approximate surface area is 99.4 Å². The van der Waals surface area contributed by atoms with Crippen LogP contribution in [0.2, 0.25) is 0 Å². The van der Waals surface area contributed by atoms with Crippen molar-refractivity contribution in [2.75, 3.05) is 26.1 Å². The molecule has 4 nitrogen and oxygen atoms in total. The molecule has 86 valence electrons. The summed E-state index contributed by atoms with van der Waals surface area (Å²) in [5, 5.41) is 22.6. The first kappa shape index (κ1) is 4.78. The van der Waals surface area contributed by atoms with Gasteiger partial charge in [-0.1, -0.05) is 13.8 Å². The number of rotatable bonds is 9. The minimum atomic E-state index is -3.15. The Hall–Kier alpha value is -0.160. The maximum absolute atomic E-state index is 9.40. The smallest absolute Gasteiger partial charge is 0.0584 e. The van der Waals surface area contributed by atoms with Crippen molar-refractivity contribution in [3.63, 3.8) is 0 Å². The molecule has 0 aliphatic carbocycles. The molecule has 0 heterocycles. The minimum absolute atomic E-state index is 0.0558. The molecule has 0 saturated heterocycles. The molecule has 0 aromatic carbocycles. The van der Waals surface area contributed by atoms with E-state index in [0.29, 0.717) is 0 Å². The van der Waals surface area contributed by atoms with E-state index < -0.39 is 38.2 Å². The molecule has 0 aliphatic heterocycles. The highest BCUT2D eigenvalue weighted by atomic mass is 16.3. The summed E-state index contributed by atoms with van der Waals surface area (Å²) >= 11 is 0. The largest absolute Gasteiger partial charge is 0.395 e. The summed E-state index contributed by atoms with van der Waals surface area (Å²) in [4.78, 5) is 0. The van der Waals surface area contributed by atoms with E-state index in [9.17, 15) is 10.2 Å². The molecule has 0 rings (SSSR count). The Balaban J connectivity index is 5.46. The van der Waals surface area contributed by atoms with Gasteiger partial charge in [-0.2, -0.15) is 0 Å². The van der Waals surface area contributed by atoms with Crippen LogP contribution in [0, 0.1) is 0 Å². The van der Waals surface area contributed by atoms with Crippen LogP contribution in [0.5, 0.6) is 0 Å². The molecule has 2 atom stereocenters. The molecule has 0 aromatic rings. The van der Waals surface area contributed by atoms with Gasteiger partial charge < -0.3 is 20.8 Å². The monoisotopic (exact) mass is 213 g/mol. The molecule has 0 saturated carbocycles. The first-order chi connectivity index (χ1) is 9.93. The standard InChI is InChI=1S/C10H24N2O2/c1-3-9(7-13)11-5-6-12-10(4-2)8-14/h9-14H,3-8H2,1-2H3/t9-,10-/m1/s1/i5D2,6D2,7D2,8D2,9D. The van der Waals surface area contributed by atoms with Crippen LogP contribution in [-0.2, 0) is 0 Å². The van der Waals surface area contributed by atoms with Gasteiger partial charge in [0, 0.05) is 31.9 Å². The lowest BCUT2D eigenvalue weighted by atomic mass is 10.2. The molecule has 0 radical (unpaired) electrons. The van der Waals surface area contributed by atoms with E-state index in [2.05, 4.69) is 0 Å². The summed E-state index contributed by atoms with van der Waals surface area (Å²) < 4.78 is 67.7. The quantitative estimate of drug-likeness (QED) is 0.425. The van der Waals surface area contributed by atoms with Gasteiger partial charge in [0.15, 0.2) is 0 Å². The number of nitrogens with one attached hydrogen (secondary N) is 2. The highest BCUT2D eigenvalue weighted by molar-refractivity contribution is 4.67. The second kappa shape index (κ2) is 9.40. The van der Waals surface area contributed by atoms with E-state index in [0.717, 1.165) is 0 Å². The van der Waals surface area contributed by atoms with Crippen LogP contribution in [0.25, 0.3) is 0 Å². The zero-order valence-corrected chi connectivity index (χ0v) is 8.39. The topological polar surface area (TPSA) is 64.5 Å². The molecule has 0 aromatic heterocycles. The Kier molecular flexibility index (Phi) is 3.21. The summed E-state index contributed by atoms with van der Waals surface area (Å²) in [6.07, 6.45) is -0.427. The van der Waals surface area contributed by atoms with Gasteiger partial charge in [-0.05, 0) is 12.8 Å². The van der Waals surface area contributed by atoms with Gasteiger partial charge in [-0.25, -0.2) is 0 Å². The lowest BCUT2D eigenvalue weighted by Crippen LogP contribution is -2.40. The average Bonchev–Trinajstić information content (AvgIpc) is 2.32. The summed E-state index contributed by atoms with van der Waals surface area (Å²) in [7, 11) is 0. The van der Waals surface area contributed by atoms with Crippen LogP contribution >= 0.6 is 0 Å². The fourth-order valence-corrected chi connectivity index (χ4v) is 0.651. The second-order valence-electron chi connectivity index (χ2n) is 2.55. The van der Waals surface area contributed by atoms with Gasteiger partial charge in [0.1, 0.15) is 0 Å². The third-order valence-corrected chi connectivity index (χ3v) is 1.57. The molecule has 4 heteroatoms. The zero-order valence-electron chi connectivity index (χ0n) is 17.4. The molecule has 0 amide bonds. The number of aliphatic hydroxyl groups is 2. The minimum Gasteiger partial charge on any atom is -0.395 e. The van der Waals surface area contributed by atoms with Crippen molar-refractivity contribution in [2.45, 2.75) is 38.7 Å². The molecule has 14 heavy (non-hydrogen) atoms. The van der Waals surface area contributed by atoms with Crippen molar-refractivity contribution in [1.82, 2.24) is 10.6 Å².